The van der Waals surface area contributed by atoms with Crippen LogP contribution in [0.15, 0.2) is 12.2 Å². The molecule has 1 amide bonds. The summed E-state index contributed by atoms with van der Waals surface area (Å²) in [5, 5.41) is 23.0. The quantitative estimate of drug-likeness (QED) is 0.0441. The van der Waals surface area contributed by atoms with Crippen LogP contribution in [0.1, 0.15) is 251 Å². The van der Waals surface area contributed by atoms with Crippen molar-refractivity contribution in [3.8, 4) is 0 Å². The van der Waals surface area contributed by atoms with Crippen molar-refractivity contribution in [3.63, 3.8) is 0 Å². The molecule has 0 fully saturated rings. The highest BCUT2D eigenvalue weighted by Crippen LogP contribution is 2.16. The van der Waals surface area contributed by atoms with E-state index in [2.05, 4.69) is 19.2 Å². The second-order valence-electron chi connectivity index (χ2n) is 15.5. The van der Waals surface area contributed by atoms with E-state index in [0.717, 1.165) is 25.7 Å². The van der Waals surface area contributed by atoms with E-state index >= 15 is 0 Å². The summed E-state index contributed by atoms with van der Waals surface area (Å²) in [6.07, 6.45) is 51.8. The first-order chi connectivity index (χ1) is 24.2. The molecule has 0 saturated carbocycles. The molecule has 2 atom stereocenters. The zero-order valence-corrected chi connectivity index (χ0v) is 33.5. The van der Waals surface area contributed by atoms with Crippen LogP contribution < -0.4 is 5.32 Å². The number of unbranched alkanes of at least 4 members (excludes halogenated alkanes) is 34. The number of carbonyl (C=O) groups excluding carboxylic acids is 1. The van der Waals surface area contributed by atoms with E-state index in [-0.39, 0.29) is 12.5 Å². The molecule has 0 bridgehead atoms. The molecule has 4 nitrogen and oxygen atoms in total. The maximum absolute atomic E-state index is 12.4. The number of nitrogens with one attached hydrogen (secondary N) is 1. The van der Waals surface area contributed by atoms with Gasteiger partial charge in [0.1, 0.15) is 0 Å². The lowest BCUT2D eigenvalue weighted by Gasteiger charge is -2.20. The number of allylic oxidation sites excluding steroid dienone is 1. The fraction of sp³-hybridized carbons (Fsp3) is 0.933. The molecule has 4 heteroatoms. The van der Waals surface area contributed by atoms with Gasteiger partial charge in [-0.25, -0.2) is 0 Å². The Bertz CT molecular complexity index is 666. The van der Waals surface area contributed by atoms with Gasteiger partial charge in [-0.3, -0.25) is 4.79 Å². The number of carbonyl (C=O) groups is 1. The molecule has 0 saturated heterocycles. The van der Waals surface area contributed by atoms with Crippen LogP contribution in [0.5, 0.6) is 0 Å². The number of aliphatic hydroxyl groups excluding tert-OH is 2. The molecule has 0 rings (SSSR count). The van der Waals surface area contributed by atoms with Crippen LogP contribution in [0.25, 0.3) is 0 Å². The molecule has 49 heavy (non-hydrogen) atoms. The zero-order chi connectivity index (χ0) is 35.7. The Morgan fingerprint density at radius 2 is 0.755 bits per heavy atom. The molecule has 0 radical (unpaired) electrons. The van der Waals surface area contributed by atoms with Gasteiger partial charge in [0.15, 0.2) is 0 Å². The van der Waals surface area contributed by atoms with Gasteiger partial charge in [-0.1, -0.05) is 238 Å². The molecule has 0 unspecified atom stereocenters. The molecule has 0 aromatic carbocycles. The van der Waals surface area contributed by atoms with Gasteiger partial charge in [-0.05, 0) is 19.3 Å². The largest absolute Gasteiger partial charge is 0.394 e. The van der Waals surface area contributed by atoms with Gasteiger partial charge in [0.25, 0.3) is 0 Å². The highest BCUT2D eigenvalue weighted by Gasteiger charge is 2.17. The molecule has 0 aliphatic heterocycles. The number of aliphatic hydroxyl groups is 2. The normalized spacial score (nSPS) is 13.0. The van der Waals surface area contributed by atoms with Gasteiger partial charge in [0, 0.05) is 6.42 Å². The van der Waals surface area contributed by atoms with Crippen LogP contribution in [0, 0.1) is 0 Å². The predicted molar refractivity (Wildman–Crippen MR) is 216 cm³/mol. The molecule has 3 N–H and O–H groups in total. The molecule has 0 aliphatic carbocycles. The summed E-state index contributed by atoms with van der Waals surface area (Å²) >= 11 is 0. The fourth-order valence-corrected chi connectivity index (χ4v) is 7.06. The first-order valence-electron chi connectivity index (χ1n) is 22.4. The smallest absolute Gasteiger partial charge is 0.220 e. The molecule has 0 aliphatic rings. The van der Waals surface area contributed by atoms with Gasteiger partial charge in [0.2, 0.25) is 5.91 Å². The first kappa shape index (κ1) is 48.1. The monoisotopic (exact) mass is 692 g/mol. The Morgan fingerprint density at radius 1 is 0.469 bits per heavy atom. The highest BCUT2D eigenvalue weighted by atomic mass is 16.3. The van der Waals surface area contributed by atoms with Crippen molar-refractivity contribution in [2.75, 3.05) is 6.61 Å². The Balaban J connectivity index is 3.51. The molecular formula is C45H89NO3. The summed E-state index contributed by atoms with van der Waals surface area (Å²) in [5.41, 5.74) is 0. The van der Waals surface area contributed by atoms with Crippen LogP contribution in [-0.4, -0.2) is 34.9 Å². The second-order valence-corrected chi connectivity index (χ2v) is 15.5. The summed E-state index contributed by atoms with van der Waals surface area (Å²) in [5.74, 6) is -0.0590. The lowest BCUT2D eigenvalue weighted by molar-refractivity contribution is -0.123. The molecule has 0 aromatic heterocycles. The van der Waals surface area contributed by atoms with Crippen molar-refractivity contribution < 1.29 is 15.0 Å². The molecular weight excluding hydrogens is 602 g/mol. The number of hydrogen-bond donors (Lipinski definition) is 3. The molecule has 0 heterocycles. The van der Waals surface area contributed by atoms with Crippen molar-refractivity contribution in [3.05, 3.63) is 12.2 Å². The van der Waals surface area contributed by atoms with E-state index in [1.807, 2.05) is 6.08 Å². The van der Waals surface area contributed by atoms with E-state index in [1.165, 1.54) is 205 Å². The van der Waals surface area contributed by atoms with Crippen molar-refractivity contribution in [1.82, 2.24) is 5.32 Å². The molecule has 0 aromatic rings. The minimum absolute atomic E-state index is 0.0590. The van der Waals surface area contributed by atoms with Gasteiger partial charge in [-0.15, -0.1) is 0 Å². The average molecular weight is 692 g/mol. The van der Waals surface area contributed by atoms with Gasteiger partial charge >= 0.3 is 0 Å². The zero-order valence-electron chi connectivity index (χ0n) is 33.5. The van der Waals surface area contributed by atoms with Gasteiger partial charge in [0.05, 0.1) is 18.8 Å². The predicted octanol–water partition coefficient (Wildman–Crippen LogP) is 13.9. The van der Waals surface area contributed by atoms with E-state index in [0.29, 0.717) is 6.42 Å². The SMILES string of the molecule is CCCCCCCCCCCCCCCC/C=C/[C@@H](O)[C@H](CO)NC(=O)CCCCCCCCCCCCCCCCCCCCCCC. The summed E-state index contributed by atoms with van der Waals surface area (Å²) in [6, 6.07) is -0.616. The van der Waals surface area contributed by atoms with E-state index in [1.54, 1.807) is 6.08 Å². The Hall–Kier alpha value is -0.870. The number of rotatable bonds is 41. The lowest BCUT2D eigenvalue weighted by atomic mass is 10.0. The minimum Gasteiger partial charge on any atom is -0.394 e. The Kier molecular flexibility index (Phi) is 40.8. The third kappa shape index (κ3) is 38.2. The Labute approximate surface area is 307 Å². The van der Waals surface area contributed by atoms with Crippen molar-refractivity contribution in [2.45, 2.75) is 264 Å². The van der Waals surface area contributed by atoms with Crippen LogP contribution in [-0.2, 0) is 4.79 Å². The summed E-state index contributed by atoms with van der Waals surface area (Å²) in [7, 11) is 0. The fourth-order valence-electron chi connectivity index (χ4n) is 7.06. The second kappa shape index (κ2) is 41.5. The van der Waals surface area contributed by atoms with Crippen molar-refractivity contribution in [2.24, 2.45) is 0 Å². The topological polar surface area (TPSA) is 69.6 Å². The lowest BCUT2D eigenvalue weighted by Crippen LogP contribution is -2.45. The maximum atomic E-state index is 12.4. The summed E-state index contributed by atoms with van der Waals surface area (Å²) < 4.78 is 0. The van der Waals surface area contributed by atoms with E-state index in [9.17, 15) is 15.0 Å². The van der Waals surface area contributed by atoms with Crippen LogP contribution in [0.2, 0.25) is 0 Å². The van der Waals surface area contributed by atoms with Crippen LogP contribution in [0.3, 0.4) is 0 Å². The average Bonchev–Trinajstić information content (AvgIpc) is 3.10. The molecule has 0 spiro atoms. The summed E-state index contributed by atoms with van der Waals surface area (Å²) in [6.45, 7) is 4.33. The van der Waals surface area contributed by atoms with Crippen LogP contribution >= 0.6 is 0 Å². The van der Waals surface area contributed by atoms with Crippen molar-refractivity contribution in [1.29, 1.82) is 0 Å². The summed E-state index contributed by atoms with van der Waals surface area (Å²) in [4.78, 5) is 12.4. The highest BCUT2D eigenvalue weighted by molar-refractivity contribution is 5.76. The number of amides is 1. The minimum atomic E-state index is -0.833. The van der Waals surface area contributed by atoms with Gasteiger partial charge < -0.3 is 15.5 Å². The molecule has 292 valence electrons. The Morgan fingerprint density at radius 3 is 1.06 bits per heavy atom. The van der Waals surface area contributed by atoms with Crippen molar-refractivity contribution >= 4 is 5.91 Å². The standard InChI is InChI=1S/C45H89NO3/c1-3-5-7-9-11-13-15-17-19-21-22-23-24-25-27-29-31-33-35-37-39-41-45(49)46-43(42-47)44(48)40-38-36-34-32-30-28-26-20-18-16-14-12-10-8-6-4-2/h38,40,43-44,47-48H,3-37,39,41-42H2,1-2H3,(H,46,49)/b40-38+/t43-,44+/m0/s1. The third-order valence-electron chi connectivity index (χ3n) is 10.5. The third-order valence-corrected chi connectivity index (χ3v) is 10.5. The number of hydrogen-bond acceptors (Lipinski definition) is 3. The first-order valence-corrected chi connectivity index (χ1v) is 22.4. The van der Waals surface area contributed by atoms with E-state index in [4.69, 9.17) is 0 Å². The van der Waals surface area contributed by atoms with E-state index < -0.39 is 12.1 Å². The van der Waals surface area contributed by atoms with Crippen LogP contribution in [0.4, 0.5) is 0 Å². The maximum Gasteiger partial charge on any atom is 0.220 e. The van der Waals surface area contributed by atoms with Gasteiger partial charge in [-0.2, -0.15) is 0 Å².